The first-order chi connectivity index (χ1) is 38.7. The molecule has 7 heteroatoms. The zero-order valence-electron chi connectivity index (χ0n) is 42.4. The molecule has 11 aromatic carbocycles. The van der Waals surface area contributed by atoms with Crippen molar-refractivity contribution in [1.82, 2.24) is 18.7 Å². The average Bonchev–Trinajstić information content (AvgIpc) is 4.11. The number of benzene rings is 11. The Morgan fingerprint density at radius 2 is 0.861 bits per heavy atom. The molecule has 0 saturated heterocycles. The number of hydrogen-bond donors (Lipinski definition) is 0. The first-order valence-electron chi connectivity index (χ1n) is 26.2. The maximum atomic E-state index is 6.80. The summed E-state index contributed by atoms with van der Waals surface area (Å²) in [6, 6.07) is 101. The van der Waals surface area contributed by atoms with E-state index in [1.807, 2.05) is 30.5 Å². The third-order valence-electron chi connectivity index (χ3n) is 15.0. The molecule has 0 aliphatic rings. The monoisotopic (exact) mass is 1190 g/mol. The van der Waals surface area contributed by atoms with Crippen LogP contribution in [0.5, 0.6) is 11.5 Å². The van der Waals surface area contributed by atoms with Crippen molar-refractivity contribution < 1.29 is 30.4 Å². The molecule has 0 fully saturated rings. The van der Waals surface area contributed by atoms with E-state index in [-0.39, 0.29) is 21.1 Å². The quantitative estimate of drug-likeness (QED) is 0.112. The Morgan fingerprint density at radius 3 is 1.47 bits per heavy atom. The summed E-state index contributed by atoms with van der Waals surface area (Å²) in [6.07, 6.45) is 5.70. The molecule has 0 atom stereocenters. The minimum atomic E-state index is 0. The number of ether oxygens (including phenoxy) is 1. The van der Waals surface area contributed by atoms with Crippen molar-refractivity contribution in [3.63, 3.8) is 0 Å². The van der Waals surface area contributed by atoms with Crippen LogP contribution < -0.4 is 9.30 Å². The van der Waals surface area contributed by atoms with Crippen LogP contribution in [0.1, 0.15) is 0 Å². The first kappa shape index (κ1) is 47.6. The normalized spacial score (nSPS) is 11.4. The van der Waals surface area contributed by atoms with Crippen molar-refractivity contribution in [1.29, 1.82) is 0 Å². The largest absolute Gasteiger partial charge is 0.510 e. The Hall–Kier alpha value is -9.87. The fraction of sp³-hybridized carbons (Fsp3) is 0. The first-order valence-corrected chi connectivity index (χ1v) is 26.2. The third kappa shape index (κ3) is 8.16. The van der Waals surface area contributed by atoms with E-state index in [1.54, 1.807) is 0 Å². The standard InChI is InChI=1S/C72H45N5O.Pt/c1-3-21-49(22-4-1)55-34-20-35-56(50-23-5-2-6-24-50)72(55)75-48-74(68-39-17-18-40-69(68)75)51-25-19-26-53(45-51)78-54-41-42-64-63-33-13-16-38-67(63)77(70(64)47-54)71-46-52(43-44-73-71)76-65-36-14-11-31-61(65)59-29-9-7-27-57(59)58-28-8-10-30-60(58)62-32-12-15-37-66(62)76;/h1-44,46H;/q-2;. The molecule has 0 unspecified atom stereocenters. The minimum absolute atomic E-state index is 0. The van der Waals surface area contributed by atoms with Gasteiger partial charge in [-0.3, -0.25) is 4.57 Å². The number of fused-ring (bicyclic) bond motifs is 11. The van der Waals surface area contributed by atoms with E-state index in [4.69, 9.17) is 9.72 Å². The van der Waals surface area contributed by atoms with E-state index in [1.165, 1.54) is 21.5 Å². The Labute approximate surface area is 470 Å². The van der Waals surface area contributed by atoms with Gasteiger partial charge >= 0.3 is 0 Å². The molecule has 0 aliphatic carbocycles. The van der Waals surface area contributed by atoms with Crippen molar-refractivity contribution in [3.05, 3.63) is 292 Å². The second-order valence-corrected chi connectivity index (χ2v) is 19.5. The van der Waals surface area contributed by atoms with Gasteiger partial charge in [0.1, 0.15) is 5.82 Å². The summed E-state index contributed by atoms with van der Waals surface area (Å²) in [6.45, 7) is 0. The molecule has 0 amide bonds. The number of para-hydroxylation sites is 6. The van der Waals surface area contributed by atoms with E-state index in [2.05, 4.69) is 279 Å². The van der Waals surface area contributed by atoms with Crippen LogP contribution in [-0.2, 0) is 21.1 Å². The van der Waals surface area contributed by atoms with Crippen LogP contribution >= 0.6 is 0 Å². The Morgan fingerprint density at radius 1 is 0.380 bits per heavy atom. The number of aromatic nitrogens is 5. The summed E-state index contributed by atoms with van der Waals surface area (Å²) >= 11 is 0. The molecular weight excluding hydrogens is 1150 g/mol. The molecule has 15 rings (SSSR count). The maximum absolute atomic E-state index is 6.80. The smallest absolute Gasteiger partial charge is 0.268 e. The van der Waals surface area contributed by atoms with Gasteiger partial charge in [-0.05, 0) is 79.1 Å². The van der Waals surface area contributed by atoms with Gasteiger partial charge in [-0.1, -0.05) is 212 Å². The van der Waals surface area contributed by atoms with E-state index in [9.17, 15) is 0 Å². The van der Waals surface area contributed by atoms with Gasteiger partial charge in [-0.15, -0.1) is 29.7 Å². The molecule has 0 radical (unpaired) electrons. The van der Waals surface area contributed by atoms with Gasteiger partial charge in [-0.25, -0.2) is 4.98 Å². The van der Waals surface area contributed by atoms with Crippen LogP contribution in [0.3, 0.4) is 0 Å². The number of hydrogen-bond acceptors (Lipinski definition) is 2. The van der Waals surface area contributed by atoms with Gasteiger partial charge in [0.2, 0.25) is 0 Å². The molecule has 0 spiro atoms. The van der Waals surface area contributed by atoms with Gasteiger partial charge in [0.25, 0.3) is 6.33 Å². The van der Waals surface area contributed by atoms with E-state index >= 15 is 0 Å². The minimum Gasteiger partial charge on any atom is -0.510 e. The topological polar surface area (TPSA) is 40.8 Å². The summed E-state index contributed by atoms with van der Waals surface area (Å²) in [4.78, 5) is 5.14. The molecule has 79 heavy (non-hydrogen) atoms. The van der Waals surface area contributed by atoms with Gasteiger partial charge in [0.15, 0.2) is 0 Å². The fourth-order valence-electron chi connectivity index (χ4n) is 11.6. The maximum Gasteiger partial charge on any atom is 0.268 e. The van der Waals surface area contributed by atoms with Crippen LogP contribution in [0.15, 0.2) is 273 Å². The van der Waals surface area contributed by atoms with Crippen LogP contribution in [0.2, 0.25) is 0 Å². The number of pyridine rings is 1. The number of rotatable bonds is 8. The van der Waals surface area contributed by atoms with Crippen LogP contribution in [0, 0.1) is 18.5 Å². The zero-order valence-corrected chi connectivity index (χ0v) is 44.7. The van der Waals surface area contributed by atoms with Gasteiger partial charge in [0.05, 0.1) is 33.4 Å². The van der Waals surface area contributed by atoms with E-state index < -0.39 is 0 Å². The van der Waals surface area contributed by atoms with Crippen LogP contribution in [0.4, 0.5) is 0 Å². The predicted octanol–water partition coefficient (Wildman–Crippen LogP) is 17.5. The molecule has 0 saturated carbocycles. The predicted molar refractivity (Wildman–Crippen MR) is 318 cm³/mol. The molecule has 376 valence electrons. The number of imidazole rings is 1. The molecule has 0 bridgehead atoms. The second kappa shape index (κ2) is 19.9. The molecule has 0 aliphatic heterocycles. The Kier molecular flexibility index (Phi) is 12.0. The van der Waals surface area contributed by atoms with Crippen molar-refractivity contribution in [2.24, 2.45) is 0 Å². The zero-order chi connectivity index (χ0) is 51.5. The van der Waals surface area contributed by atoms with Gasteiger partial charge in [-0.2, -0.15) is 18.2 Å². The molecule has 15 aromatic rings. The molecule has 4 heterocycles. The van der Waals surface area contributed by atoms with Crippen molar-refractivity contribution in [2.75, 3.05) is 0 Å². The molecule has 4 aromatic heterocycles. The van der Waals surface area contributed by atoms with Crippen molar-refractivity contribution in [3.8, 4) is 56.6 Å². The van der Waals surface area contributed by atoms with Crippen LogP contribution in [-0.4, -0.2) is 18.7 Å². The second-order valence-electron chi connectivity index (χ2n) is 19.5. The molecular formula is C72H45N5OPt-2. The third-order valence-corrected chi connectivity index (χ3v) is 15.0. The molecule has 6 nitrogen and oxygen atoms in total. The Bertz CT molecular complexity index is 4740. The van der Waals surface area contributed by atoms with E-state index in [0.717, 1.165) is 99.8 Å². The summed E-state index contributed by atoms with van der Waals surface area (Å²) in [5.74, 6) is 1.85. The van der Waals surface area contributed by atoms with Crippen molar-refractivity contribution in [2.45, 2.75) is 0 Å². The van der Waals surface area contributed by atoms with E-state index in [0.29, 0.717) is 11.5 Å². The SMILES string of the molecule is [Pt].[c-]1c(Oc2[c-]c3c(cc2)c2ccccc2n3-c2cc(-n3c4ccccc4c4ccccc4c4ccccc4c4ccccc43)ccn2)cccc1-n1[c-][n+](-c2c(-c3ccccc3)cccc2-c2ccccc2)c2ccccc21. The van der Waals surface area contributed by atoms with Gasteiger partial charge in [0, 0.05) is 61.1 Å². The average molecular weight is 1190 g/mol. The molecule has 0 N–H and O–H groups in total. The summed E-state index contributed by atoms with van der Waals surface area (Å²) in [7, 11) is 0. The Balaban J connectivity index is 0.00000564. The summed E-state index contributed by atoms with van der Waals surface area (Å²) in [5, 5.41) is 9.14. The van der Waals surface area contributed by atoms with Crippen molar-refractivity contribution >= 4 is 76.2 Å². The van der Waals surface area contributed by atoms with Crippen LogP contribution in [0.25, 0.3) is 121 Å². The summed E-state index contributed by atoms with van der Waals surface area (Å²) < 4.78 is 15.7. The number of nitrogens with zero attached hydrogens (tertiary/aromatic N) is 5. The fourth-order valence-corrected chi connectivity index (χ4v) is 11.6. The van der Waals surface area contributed by atoms with Gasteiger partial charge < -0.3 is 18.4 Å². The summed E-state index contributed by atoms with van der Waals surface area (Å²) in [5.41, 5.74) is 13.2.